The molecule has 0 saturated heterocycles. The van der Waals surface area contributed by atoms with Crippen molar-refractivity contribution in [2.24, 2.45) is 0 Å². The molecule has 0 aliphatic heterocycles. The normalized spacial score (nSPS) is 10.5. The molecule has 0 amide bonds. The van der Waals surface area contributed by atoms with E-state index in [1.165, 1.54) is 96.4 Å². The quantitative estimate of drug-likeness (QED) is 0.229. The van der Waals surface area contributed by atoms with E-state index in [4.69, 9.17) is 5.11 Å². The molecule has 3 nitrogen and oxygen atoms in total. The fourth-order valence-electron chi connectivity index (χ4n) is 2.78. The average molecular weight is 437 g/mol. The van der Waals surface area contributed by atoms with Gasteiger partial charge in [-0.3, -0.25) is 0 Å². The van der Waals surface area contributed by atoms with Crippen LogP contribution in [0.4, 0.5) is 0 Å². The molecule has 0 heterocycles. The molecule has 158 valence electrons. The fraction of sp³-hybridized carbons (Fsp3) is 0.864. The maximum atomic E-state index is 9.25. The number of carbonyl (C=O) groups is 1. The molecular weight excluding hydrogens is 390 g/mol. The van der Waals surface area contributed by atoms with Gasteiger partial charge in [0.25, 0.3) is 0 Å². The van der Waals surface area contributed by atoms with Crippen molar-refractivity contribution in [2.45, 2.75) is 96.8 Å². The largest absolute Gasteiger partial charge is 1.00 e. The van der Waals surface area contributed by atoms with Crippen LogP contribution in [0.2, 0.25) is 0 Å². The fourth-order valence-corrected chi connectivity index (χ4v) is 2.78. The molecule has 0 fully saturated rings. The van der Waals surface area contributed by atoms with Crippen molar-refractivity contribution >= 4 is 5.97 Å². The van der Waals surface area contributed by atoms with Crippen molar-refractivity contribution in [3.63, 3.8) is 0 Å². The average Bonchev–Trinajstić information content (AvgIpc) is 2.54. The summed E-state index contributed by atoms with van der Waals surface area (Å²) in [6.07, 6.45) is 21.2. The Labute approximate surface area is 174 Å². The van der Waals surface area contributed by atoms with E-state index < -0.39 is 5.97 Å². The van der Waals surface area contributed by atoms with E-state index in [1.54, 1.807) is 0 Å². The topological polar surface area (TPSA) is 37.3 Å². The van der Waals surface area contributed by atoms with Crippen LogP contribution in [0.25, 0.3) is 0 Å². The molecule has 0 rings (SSSR count). The molecule has 0 saturated carbocycles. The molecule has 0 aromatic rings. The lowest BCUT2D eigenvalue weighted by Gasteiger charge is -2.23. The number of rotatable bonds is 16. The third-order valence-electron chi connectivity index (χ3n) is 4.36. The SMILES string of the molecule is C=CC(=O)O.CCCCCCCCCCCCCCCC[N+](C)(C)C.[Br-]. The van der Waals surface area contributed by atoms with Crippen molar-refractivity contribution in [2.75, 3.05) is 27.7 Å². The summed E-state index contributed by atoms with van der Waals surface area (Å²) in [4.78, 5) is 9.25. The number of nitrogens with zero attached hydrogens (tertiary/aromatic N) is 1. The Bertz CT molecular complexity index is 301. The van der Waals surface area contributed by atoms with E-state index in [9.17, 15) is 4.79 Å². The van der Waals surface area contributed by atoms with Crippen molar-refractivity contribution in [3.05, 3.63) is 12.7 Å². The van der Waals surface area contributed by atoms with Gasteiger partial charge in [-0.15, -0.1) is 0 Å². The first kappa shape index (κ1) is 30.4. The number of carboxylic acids is 1. The Kier molecular flexibility index (Phi) is 26.5. The predicted octanol–water partition coefficient (Wildman–Crippen LogP) is 3.43. The smallest absolute Gasteiger partial charge is 0.327 e. The highest BCUT2D eigenvalue weighted by Crippen LogP contribution is 2.13. The molecule has 0 radical (unpaired) electrons. The van der Waals surface area contributed by atoms with Crippen molar-refractivity contribution in [1.29, 1.82) is 0 Å². The van der Waals surface area contributed by atoms with E-state index in [0.29, 0.717) is 0 Å². The number of hydrogen-bond donors (Lipinski definition) is 1. The summed E-state index contributed by atoms with van der Waals surface area (Å²) in [5.41, 5.74) is 0. The number of quaternary nitrogens is 1. The third-order valence-corrected chi connectivity index (χ3v) is 4.36. The van der Waals surface area contributed by atoms with Crippen LogP contribution in [0, 0.1) is 0 Å². The van der Waals surface area contributed by atoms with Gasteiger partial charge in [0.15, 0.2) is 0 Å². The Morgan fingerprint density at radius 3 is 1.27 bits per heavy atom. The van der Waals surface area contributed by atoms with E-state index in [2.05, 4.69) is 34.6 Å². The molecular formula is C22H46BrNO2. The highest BCUT2D eigenvalue weighted by molar-refractivity contribution is 5.78. The first-order valence-electron chi connectivity index (χ1n) is 10.5. The zero-order valence-electron chi connectivity index (χ0n) is 18.1. The van der Waals surface area contributed by atoms with Gasteiger partial charge in [-0.2, -0.15) is 0 Å². The molecule has 0 aromatic heterocycles. The van der Waals surface area contributed by atoms with Crippen LogP contribution in [0.15, 0.2) is 12.7 Å². The Balaban J connectivity index is -0.000000772. The molecule has 1 N–H and O–H groups in total. The molecule has 0 aliphatic rings. The van der Waals surface area contributed by atoms with Crippen LogP contribution in [0.1, 0.15) is 96.8 Å². The maximum Gasteiger partial charge on any atom is 0.327 e. The first-order valence-corrected chi connectivity index (χ1v) is 10.5. The summed E-state index contributed by atoms with van der Waals surface area (Å²) >= 11 is 0. The first-order chi connectivity index (χ1) is 11.8. The minimum Gasteiger partial charge on any atom is -1.00 e. The van der Waals surface area contributed by atoms with Gasteiger partial charge in [0.1, 0.15) is 0 Å². The Morgan fingerprint density at radius 1 is 0.769 bits per heavy atom. The van der Waals surface area contributed by atoms with Crippen molar-refractivity contribution in [3.8, 4) is 0 Å². The summed E-state index contributed by atoms with van der Waals surface area (Å²) < 4.78 is 1.12. The van der Waals surface area contributed by atoms with Gasteiger partial charge in [0, 0.05) is 6.08 Å². The molecule has 26 heavy (non-hydrogen) atoms. The lowest BCUT2D eigenvalue weighted by Crippen LogP contribution is -3.00. The van der Waals surface area contributed by atoms with Gasteiger partial charge in [-0.1, -0.05) is 90.6 Å². The van der Waals surface area contributed by atoms with Gasteiger partial charge in [-0.05, 0) is 12.8 Å². The van der Waals surface area contributed by atoms with E-state index in [1.807, 2.05) is 0 Å². The molecule has 0 aliphatic carbocycles. The van der Waals surface area contributed by atoms with Crippen LogP contribution in [-0.4, -0.2) is 43.2 Å². The summed E-state index contributed by atoms with van der Waals surface area (Å²) in [6, 6.07) is 0. The van der Waals surface area contributed by atoms with E-state index in [0.717, 1.165) is 10.6 Å². The molecule has 0 bridgehead atoms. The zero-order valence-corrected chi connectivity index (χ0v) is 19.7. The van der Waals surface area contributed by atoms with E-state index >= 15 is 0 Å². The number of aliphatic carboxylic acids is 1. The highest BCUT2D eigenvalue weighted by Gasteiger charge is 2.04. The van der Waals surface area contributed by atoms with Crippen LogP contribution in [0.3, 0.4) is 0 Å². The summed E-state index contributed by atoms with van der Waals surface area (Å²) in [7, 11) is 6.88. The highest BCUT2D eigenvalue weighted by atomic mass is 79.9. The lowest BCUT2D eigenvalue weighted by molar-refractivity contribution is -0.870. The van der Waals surface area contributed by atoms with Crippen molar-refractivity contribution < 1.29 is 31.4 Å². The van der Waals surface area contributed by atoms with Gasteiger partial charge in [-0.25, -0.2) is 4.79 Å². The number of hydrogen-bond acceptors (Lipinski definition) is 1. The number of halogens is 1. The van der Waals surface area contributed by atoms with E-state index in [-0.39, 0.29) is 17.0 Å². The molecule has 0 aromatic carbocycles. The van der Waals surface area contributed by atoms with Crippen LogP contribution in [0.5, 0.6) is 0 Å². The second kappa shape index (κ2) is 22.7. The van der Waals surface area contributed by atoms with Crippen LogP contribution in [-0.2, 0) is 4.79 Å². The van der Waals surface area contributed by atoms with Crippen LogP contribution >= 0.6 is 0 Å². The number of carboxylic acid groups (broad SMARTS) is 1. The van der Waals surface area contributed by atoms with Crippen LogP contribution < -0.4 is 17.0 Å². The monoisotopic (exact) mass is 435 g/mol. The summed E-state index contributed by atoms with van der Waals surface area (Å²) in [5.74, 6) is -0.981. The second-order valence-electron chi connectivity index (χ2n) is 8.15. The van der Waals surface area contributed by atoms with Gasteiger partial charge in [0.2, 0.25) is 0 Å². The number of unbranched alkanes of at least 4 members (excludes halogenated alkanes) is 13. The molecule has 4 heteroatoms. The van der Waals surface area contributed by atoms with Gasteiger partial charge >= 0.3 is 5.97 Å². The minimum absolute atomic E-state index is 0. The Morgan fingerprint density at radius 2 is 1.04 bits per heavy atom. The summed E-state index contributed by atoms with van der Waals surface area (Å²) in [5, 5.41) is 7.60. The maximum absolute atomic E-state index is 9.25. The minimum atomic E-state index is -0.981. The standard InChI is InChI=1S/C19H42N.C3H4O2.BrH/c1-5-6-7-8-9-10-11-12-13-14-15-16-17-18-19-20(2,3)4;1-2-3(4)5;/h5-19H2,1-4H3;2H,1H2,(H,4,5);1H/q+1;;/p-1. The third kappa shape index (κ3) is 34.9. The molecule has 0 atom stereocenters. The van der Waals surface area contributed by atoms with Crippen molar-refractivity contribution in [1.82, 2.24) is 0 Å². The second-order valence-corrected chi connectivity index (χ2v) is 8.15. The molecule has 0 unspecified atom stereocenters. The van der Waals surface area contributed by atoms with Gasteiger partial charge < -0.3 is 26.6 Å². The van der Waals surface area contributed by atoms with Gasteiger partial charge in [0.05, 0.1) is 27.7 Å². The molecule has 0 spiro atoms. The zero-order chi connectivity index (χ0) is 19.4. The summed E-state index contributed by atoms with van der Waals surface area (Å²) in [6.45, 7) is 6.59. The predicted molar refractivity (Wildman–Crippen MR) is 111 cm³/mol. The lowest BCUT2D eigenvalue weighted by atomic mass is 10.0. The Hall–Kier alpha value is -0.350.